The molecule has 6 heterocycles. The van der Waals surface area contributed by atoms with Crippen LogP contribution in [0.1, 0.15) is 157 Å². The summed E-state index contributed by atoms with van der Waals surface area (Å²) >= 11 is 0. The fourth-order valence-corrected chi connectivity index (χ4v) is 23.0. The van der Waals surface area contributed by atoms with Gasteiger partial charge in [0.2, 0.25) is 0 Å². The van der Waals surface area contributed by atoms with Crippen LogP contribution in [0.15, 0.2) is 94.8 Å². The molecule has 0 bridgehead atoms. The maximum atomic E-state index is 13.7. The van der Waals surface area contributed by atoms with Crippen molar-refractivity contribution >= 4 is 40.6 Å². The van der Waals surface area contributed by atoms with E-state index in [0.29, 0.717) is 24.2 Å². The van der Waals surface area contributed by atoms with E-state index in [1.54, 1.807) is 54.6 Å². The summed E-state index contributed by atoms with van der Waals surface area (Å²) in [5.74, 6) is 11.2. The summed E-state index contributed by atoms with van der Waals surface area (Å²) in [5, 5.41) is 49.7. The van der Waals surface area contributed by atoms with Gasteiger partial charge in [0.15, 0.2) is 23.7 Å². The van der Waals surface area contributed by atoms with Crippen LogP contribution in [0.25, 0.3) is 0 Å². The second-order valence-corrected chi connectivity index (χ2v) is 34.5. The van der Waals surface area contributed by atoms with Crippen molar-refractivity contribution in [2.45, 2.75) is 218 Å². The number of carbonyl (C=O) groups excluding carboxylic acids is 2. The molecule has 4 saturated heterocycles. The molecule has 4 aliphatic heterocycles. The Morgan fingerprint density at radius 3 is 1.40 bits per heavy atom. The maximum Gasteiger partial charge on any atom is 0.351 e. The number of hydrogen-bond acceptors (Lipinski definition) is 18. The van der Waals surface area contributed by atoms with Crippen molar-refractivity contribution < 1.29 is 57.2 Å². The molecular formula is C66H98N8O14Si2. The molecule has 22 nitrogen and oxygen atoms in total. The third-order valence-corrected chi connectivity index (χ3v) is 27.0. The van der Waals surface area contributed by atoms with E-state index in [9.17, 15) is 39.6 Å². The first-order chi connectivity index (χ1) is 42.5. The van der Waals surface area contributed by atoms with Gasteiger partial charge in [-0.3, -0.25) is 28.5 Å². The van der Waals surface area contributed by atoms with Gasteiger partial charge in [0.05, 0.1) is 26.3 Å². The summed E-state index contributed by atoms with van der Waals surface area (Å²) in [6.45, 7) is 35.8. The van der Waals surface area contributed by atoms with Gasteiger partial charge in [-0.1, -0.05) is 115 Å². The molecule has 2 aromatic carbocycles. The summed E-state index contributed by atoms with van der Waals surface area (Å²) < 4.78 is 40.9. The third kappa shape index (κ3) is 17.1. The molecule has 0 saturated carbocycles. The Kier molecular flexibility index (Phi) is 26.2. The van der Waals surface area contributed by atoms with E-state index in [0.717, 1.165) is 17.8 Å². The van der Waals surface area contributed by atoms with Crippen molar-refractivity contribution in [1.82, 2.24) is 28.9 Å². The molecule has 2 aromatic heterocycles. The Hall–Kier alpha value is -5.79. The van der Waals surface area contributed by atoms with Gasteiger partial charge in [-0.15, -0.1) is 0 Å². The molecule has 0 aliphatic carbocycles. The zero-order chi connectivity index (χ0) is 66.5. The number of fused-ring (bicyclic) bond motifs is 1. The van der Waals surface area contributed by atoms with Crippen molar-refractivity contribution in [3.63, 3.8) is 0 Å². The number of amides is 2. The first-order valence-electron chi connectivity index (χ1n) is 31.5. The summed E-state index contributed by atoms with van der Waals surface area (Å²) in [5.41, 5.74) is -4.64. The van der Waals surface area contributed by atoms with E-state index >= 15 is 0 Å². The highest BCUT2D eigenvalue weighted by molar-refractivity contribution is 6.84. The van der Waals surface area contributed by atoms with E-state index in [-0.39, 0.29) is 64.6 Å². The first kappa shape index (κ1) is 73.3. The highest BCUT2D eigenvalue weighted by atomic mass is 28.5. The van der Waals surface area contributed by atoms with Crippen molar-refractivity contribution in [1.29, 1.82) is 0 Å². The lowest BCUT2D eigenvalue weighted by Crippen LogP contribution is -2.67. The van der Waals surface area contributed by atoms with Gasteiger partial charge in [-0.2, -0.15) is 9.97 Å². The van der Waals surface area contributed by atoms with Gasteiger partial charge in [0, 0.05) is 60.9 Å². The van der Waals surface area contributed by atoms with Gasteiger partial charge in [0.1, 0.15) is 36.1 Å². The van der Waals surface area contributed by atoms with Crippen LogP contribution in [-0.2, 0) is 27.2 Å². The molecule has 4 aliphatic rings. The van der Waals surface area contributed by atoms with Gasteiger partial charge >= 0.3 is 28.5 Å². The van der Waals surface area contributed by atoms with Crippen LogP contribution >= 0.6 is 0 Å². The number of hydrogen-bond donors (Lipinski definition) is 6. The average molecular weight is 1280 g/mol. The van der Waals surface area contributed by atoms with Crippen LogP contribution < -0.4 is 22.0 Å². The van der Waals surface area contributed by atoms with Crippen LogP contribution in [0.2, 0.25) is 22.2 Å². The maximum absolute atomic E-state index is 13.7. The first-order valence-corrected chi connectivity index (χ1v) is 35.5. The van der Waals surface area contributed by atoms with Crippen LogP contribution in [0.4, 0.5) is 11.6 Å². The fraction of sp³-hybridized carbons (Fsp3) is 0.606. The summed E-state index contributed by atoms with van der Waals surface area (Å²) in [4.78, 5) is 64.0. The van der Waals surface area contributed by atoms with Gasteiger partial charge in [-0.05, 0) is 127 Å². The van der Waals surface area contributed by atoms with E-state index < -0.39 is 95.0 Å². The molecule has 4 fully saturated rings. The molecule has 24 heteroatoms. The molecular weight excluding hydrogens is 1180 g/mol. The van der Waals surface area contributed by atoms with Crippen LogP contribution in [0, 0.1) is 23.7 Å². The van der Waals surface area contributed by atoms with Crippen molar-refractivity contribution in [3.05, 3.63) is 117 Å². The minimum Gasteiger partial charge on any atom is -0.414 e. The number of ether oxygens (including phenoxy) is 3. The highest BCUT2D eigenvalue weighted by Crippen LogP contribution is 2.51. The minimum atomic E-state index is -3.19. The lowest BCUT2D eigenvalue weighted by atomic mass is 9.94. The quantitative estimate of drug-likeness (QED) is 0.0439. The van der Waals surface area contributed by atoms with E-state index in [1.165, 1.54) is 41.9 Å². The zero-order valence-electron chi connectivity index (χ0n) is 55.4. The standard InChI is InChI=1S/C37H58N4O7Si2.C25H32N4O6.C4H8O/c1-24(2)40(25(3)4)21-16-20-37(44)33-31(23-45-49(26(5)6,27(7)8)48-50(47-33,28(9)10)29(11)12)46-35(37)41-22-19-32(39-36(41)43)38-34(42)30-17-14-13-15-18-30;1-16(2)28(17(3)4)13-8-12-25(34)21(31)19(15-30)35-23(25)29-14-11-20(27-24(29)33)26-22(32)18-9-6-5-7-10-18;1-2-4-5-3-1/h13-15,17-19,22,24-29,31,33,35,44H,21,23H2,1-12H3,(H,38,39,42,43);5-7,9-11,14,16-17,19,21,23,30-31,34H,13,15H2,1-4H3,(H,26,27,32,33);1-4H2/t31-,33+,35-,37?;19-,21+,23-,25?;/m11./s1. The Morgan fingerprint density at radius 2 is 1.03 bits per heavy atom. The lowest BCUT2D eigenvalue weighted by molar-refractivity contribution is -0.0765. The van der Waals surface area contributed by atoms with Gasteiger partial charge < -0.3 is 58.2 Å². The van der Waals surface area contributed by atoms with Crippen molar-refractivity contribution in [3.8, 4) is 23.7 Å². The van der Waals surface area contributed by atoms with E-state index in [2.05, 4.69) is 137 Å². The van der Waals surface area contributed by atoms with Crippen LogP contribution in [-0.4, -0.2) is 178 Å². The number of aromatic nitrogens is 4. The summed E-state index contributed by atoms with van der Waals surface area (Å²) in [6.07, 6.45) is -1.87. The number of nitrogens with zero attached hydrogens (tertiary/aromatic N) is 6. The monoisotopic (exact) mass is 1280 g/mol. The molecule has 494 valence electrons. The lowest BCUT2D eigenvalue weighted by Gasteiger charge is -2.51. The zero-order valence-corrected chi connectivity index (χ0v) is 57.4. The molecule has 0 radical (unpaired) electrons. The van der Waals surface area contributed by atoms with Crippen molar-refractivity contribution in [2.75, 3.05) is 50.2 Å². The normalized spacial score (nSPS) is 24.5. The molecule has 6 N–H and O–H groups in total. The van der Waals surface area contributed by atoms with Crippen LogP contribution in [0.3, 0.4) is 0 Å². The Bertz CT molecular complexity index is 3190. The number of carbonyl (C=O) groups is 2. The number of aliphatic hydroxyl groups excluding tert-OH is 2. The van der Waals surface area contributed by atoms with E-state index in [4.69, 9.17) is 27.2 Å². The molecule has 0 spiro atoms. The van der Waals surface area contributed by atoms with Crippen LogP contribution in [0.5, 0.6) is 0 Å². The van der Waals surface area contributed by atoms with Crippen molar-refractivity contribution in [2.24, 2.45) is 0 Å². The summed E-state index contributed by atoms with van der Waals surface area (Å²) in [7, 11) is -6.09. The Morgan fingerprint density at radius 1 is 0.622 bits per heavy atom. The predicted octanol–water partition coefficient (Wildman–Crippen LogP) is 7.60. The molecule has 2 amide bonds. The largest absolute Gasteiger partial charge is 0.414 e. The smallest absolute Gasteiger partial charge is 0.351 e. The number of aliphatic hydroxyl groups is 4. The van der Waals surface area contributed by atoms with E-state index in [1.807, 2.05) is 33.8 Å². The molecule has 8 rings (SSSR count). The fourth-order valence-electron chi connectivity index (χ4n) is 11.8. The number of nitrogens with one attached hydrogen (secondary N) is 2. The second-order valence-electron chi connectivity index (χ2n) is 25.6. The molecule has 2 unspecified atom stereocenters. The topological polar surface area (TPSA) is 271 Å². The summed E-state index contributed by atoms with van der Waals surface area (Å²) in [6, 6.07) is 20.9. The Balaban J connectivity index is 0.000000279. The molecule has 90 heavy (non-hydrogen) atoms. The molecule has 4 aromatic rings. The predicted molar refractivity (Wildman–Crippen MR) is 350 cm³/mol. The highest BCUT2D eigenvalue weighted by Gasteiger charge is 2.66. The average Bonchev–Trinajstić information content (AvgIpc) is 1.50. The number of benzene rings is 2. The SMILES string of the molecule is C1CCOC1.CC(C)N(CC#CC1(O)[C@@H](O)[C@@H](CO)O[C@H]1n1ccc(NC(=O)c2ccccc2)nc1=O)C(C)C.CC(C)N(CC#CC1(O)[C@H]2O[Si](C(C)C)(C(C)C)O[Si](C(C)C)(C(C)C)OC[C@H]2O[C@H]1n1ccc(NC(=O)c2ccccc2)nc1=O)C(C)C. The van der Waals surface area contributed by atoms with Gasteiger partial charge in [0.25, 0.3) is 11.8 Å². The second kappa shape index (κ2) is 32.2. The molecule has 8 atom stereocenters. The Labute approximate surface area is 533 Å². The third-order valence-electron chi connectivity index (χ3n) is 16.7. The van der Waals surface area contributed by atoms with Gasteiger partial charge in [-0.25, -0.2) is 9.59 Å². The number of rotatable bonds is 17. The number of anilines is 2. The minimum absolute atomic E-state index is 0.000226.